The van der Waals surface area contributed by atoms with Crippen molar-refractivity contribution in [3.05, 3.63) is 30.1 Å². The van der Waals surface area contributed by atoms with Gasteiger partial charge in [-0.25, -0.2) is 0 Å². The molecule has 124 valence electrons. The second kappa shape index (κ2) is 7.71. The minimum atomic E-state index is -1.02. The van der Waals surface area contributed by atoms with Crippen LogP contribution in [0.2, 0.25) is 0 Å². The number of carbonyl (C=O) groups excluding carboxylic acids is 2. The lowest BCUT2D eigenvalue weighted by Crippen LogP contribution is -2.43. The van der Waals surface area contributed by atoms with Crippen LogP contribution in [-0.2, 0) is 9.59 Å². The van der Waals surface area contributed by atoms with Gasteiger partial charge in [-0.1, -0.05) is 6.07 Å². The zero-order valence-corrected chi connectivity index (χ0v) is 13.1. The third-order valence-corrected chi connectivity index (χ3v) is 4.02. The van der Waals surface area contributed by atoms with Crippen LogP contribution in [0.1, 0.15) is 36.7 Å². The van der Waals surface area contributed by atoms with Crippen LogP contribution in [0.25, 0.3) is 0 Å². The van der Waals surface area contributed by atoms with Gasteiger partial charge in [0, 0.05) is 32.3 Å². The number of amides is 2. The molecule has 7 nitrogen and oxygen atoms in total. The van der Waals surface area contributed by atoms with E-state index in [1.54, 1.807) is 29.3 Å². The molecule has 0 aliphatic carbocycles. The summed E-state index contributed by atoms with van der Waals surface area (Å²) in [6.45, 7) is 2.16. The fourth-order valence-corrected chi connectivity index (χ4v) is 2.89. The summed E-state index contributed by atoms with van der Waals surface area (Å²) in [7, 11) is 0. The van der Waals surface area contributed by atoms with E-state index >= 15 is 0 Å². The number of nitrogens with zero attached hydrogens (tertiary/aromatic N) is 3. The Morgan fingerprint density at radius 3 is 2.70 bits per heavy atom. The minimum Gasteiger partial charge on any atom is -0.480 e. The largest absolute Gasteiger partial charge is 0.480 e. The Kier molecular flexibility index (Phi) is 5.67. The van der Waals surface area contributed by atoms with E-state index in [-0.39, 0.29) is 24.4 Å². The van der Waals surface area contributed by atoms with Gasteiger partial charge in [-0.15, -0.1) is 0 Å². The van der Waals surface area contributed by atoms with Gasteiger partial charge < -0.3 is 14.9 Å². The highest BCUT2D eigenvalue weighted by Crippen LogP contribution is 2.18. The van der Waals surface area contributed by atoms with E-state index in [1.807, 2.05) is 0 Å². The summed E-state index contributed by atoms with van der Waals surface area (Å²) in [4.78, 5) is 42.2. The second-order valence-corrected chi connectivity index (χ2v) is 5.63. The number of carboxylic acid groups (broad SMARTS) is 1. The van der Waals surface area contributed by atoms with Crippen LogP contribution in [0.15, 0.2) is 24.4 Å². The van der Waals surface area contributed by atoms with Crippen molar-refractivity contribution in [3.8, 4) is 0 Å². The number of carboxylic acids is 1. The zero-order valence-electron chi connectivity index (χ0n) is 13.1. The van der Waals surface area contributed by atoms with Gasteiger partial charge in [0.25, 0.3) is 5.91 Å². The molecule has 0 spiro atoms. The molecule has 1 N–H and O–H groups in total. The topological polar surface area (TPSA) is 90.8 Å². The number of carbonyl (C=O) groups is 3. The molecule has 0 radical (unpaired) electrons. The Labute approximate surface area is 134 Å². The first-order valence-electron chi connectivity index (χ1n) is 7.68. The molecule has 2 rings (SSSR count). The molecule has 1 unspecified atom stereocenters. The fourth-order valence-electron chi connectivity index (χ4n) is 2.89. The Bertz CT molecular complexity index is 576. The van der Waals surface area contributed by atoms with Gasteiger partial charge in [0.05, 0.1) is 0 Å². The van der Waals surface area contributed by atoms with E-state index in [0.717, 1.165) is 6.42 Å². The number of hydrogen-bond acceptors (Lipinski definition) is 4. The van der Waals surface area contributed by atoms with E-state index in [4.69, 9.17) is 5.11 Å². The summed E-state index contributed by atoms with van der Waals surface area (Å²) in [5.74, 6) is -1.40. The first kappa shape index (κ1) is 16.9. The quantitative estimate of drug-likeness (QED) is 0.894. The molecule has 1 aromatic heterocycles. The Hall–Kier alpha value is -2.44. The number of aromatic nitrogens is 1. The molecular weight excluding hydrogens is 298 g/mol. The number of rotatable bonds is 4. The van der Waals surface area contributed by atoms with Crippen LogP contribution in [0.5, 0.6) is 0 Å². The molecule has 1 atom stereocenters. The lowest BCUT2D eigenvalue weighted by Gasteiger charge is -2.28. The van der Waals surface area contributed by atoms with Crippen molar-refractivity contribution >= 4 is 17.8 Å². The highest BCUT2D eigenvalue weighted by molar-refractivity contribution is 5.92. The molecule has 0 aromatic carbocycles. The average Bonchev–Trinajstić information content (AvgIpc) is 2.78. The summed E-state index contributed by atoms with van der Waals surface area (Å²) in [5.41, 5.74) is 0.403. The number of likely N-dealkylation sites (tertiary alicyclic amines) is 1. The van der Waals surface area contributed by atoms with Crippen molar-refractivity contribution in [2.45, 2.75) is 32.2 Å². The molecule has 1 aliphatic rings. The van der Waals surface area contributed by atoms with Crippen molar-refractivity contribution in [2.24, 2.45) is 0 Å². The van der Waals surface area contributed by atoms with Crippen molar-refractivity contribution in [1.29, 1.82) is 0 Å². The maximum Gasteiger partial charge on any atom is 0.323 e. The summed E-state index contributed by atoms with van der Waals surface area (Å²) >= 11 is 0. The Morgan fingerprint density at radius 1 is 1.30 bits per heavy atom. The van der Waals surface area contributed by atoms with E-state index in [1.165, 1.54) is 11.8 Å². The molecule has 23 heavy (non-hydrogen) atoms. The van der Waals surface area contributed by atoms with Gasteiger partial charge >= 0.3 is 5.97 Å². The predicted octanol–water partition coefficient (Wildman–Crippen LogP) is 1.01. The van der Waals surface area contributed by atoms with Crippen LogP contribution >= 0.6 is 0 Å². The fraction of sp³-hybridized carbons (Fsp3) is 0.500. The van der Waals surface area contributed by atoms with Crippen LogP contribution in [-0.4, -0.2) is 63.4 Å². The minimum absolute atomic E-state index is 0.126. The molecule has 0 bridgehead atoms. The van der Waals surface area contributed by atoms with E-state index in [2.05, 4.69) is 4.98 Å². The smallest absolute Gasteiger partial charge is 0.323 e. The molecule has 1 aromatic rings. The highest BCUT2D eigenvalue weighted by Gasteiger charge is 2.28. The molecule has 7 heteroatoms. The summed E-state index contributed by atoms with van der Waals surface area (Å²) < 4.78 is 0. The molecule has 2 heterocycles. The number of aliphatic carboxylic acids is 1. The normalized spacial score (nSPS) is 18.1. The lowest BCUT2D eigenvalue weighted by molar-refractivity contribution is -0.145. The van der Waals surface area contributed by atoms with Crippen LogP contribution in [0.4, 0.5) is 0 Å². The van der Waals surface area contributed by atoms with Crippen molar-refractivity contribution in [2.75, 3.05) is 19.6 Å². The third-order valence-electron chi connectivity index (χ3n) is 4.02. The van der Waals surface area contributed by atoms with Gasteiger partial charge in [0.2, 0.25) is 5.91 Å². The lowest BCUT2D eigenvalue weighted by atomic mass is 10.1. The summed E-state index contributed by atoms with van der Waals surface area (Å²) in [6.07, 6.45) is 3.58. The van der Waals surface area contributed by atoms with Gasteiger partial charge in [-0.2, -0.15) is 0 Å². The van der Waals surface area contributed by atoms with Gasteiger partial charge in [-0.05, 0) is 31.4 Å². The first-order chi connectivity index (χ1) is 11.0. The maximum absolute atomic E-state index is 12.4. The Balaban J connectivity index is 2.02. The van der Waals surface area contributed by atoms with Gasteiger partial charge in [-0.3, -0.25) is 19.4 Å². The van der Waals surface area contributed by atoms with Crippen LogP contribution in [0, 0.1) is 0 Å². The number of hydrogen-bond donors (Lipinski definition) is 1. The molecule has 1 aliphatic heterocycles. The van der Waals surface area contributed by atoms with Crippen molar-refractivity contribution in [1.82, 2.24) is 14.8 Å². The highest BCUT2D eigenvalue weighted by atomic mass is 16.4. The van der Waals surface area contributed by atoms with Crippen molar-refractivity contribution in [3.63, 3.8) is 0 Å². The SMILES string of the molecule is CC(=O)N(CC(=O)O)C1CCCN(C(=O)c2ccccn2)CC1. The third kappa shape index (κ3) is 4.51. The monoisotopic (exact) mass is 319 g/mol. The van der Waals surface area contributed by atoms with Gasteiger partial charge in [0.1, 0.15) is 12.2 Å². The van der Waals surface area contributed by atoms with Gasteiger partial charge in [0.15, 0.2) is 0 Å². The zero-order chi connectivity index (χ0) is 16.8. The van der Waals surface area contributed by atoms with E-state index in [9.17, 15) is 14.4 Å². The molecule has 1 saturated heterocycles. The molecular formula is C16H21N3O4. The van der Waals surface area contributed by atoms with E-state index < -0.39 is 5.97 Å². The average molecular weight is 319 g/mol. The maximum atomic E-state index is 12.4. The van der Waals surface area contributed by atoms with Crippen LogP contribution < -0.4 is 0 Å². The molecule has 2 amide bonds. The molecule has 0 saturated carbocycles. The van der Waals surface area contributed by atoms with E-state index in [0.29, 0.717) is 31.6 Å². The molecule has 1 fully saturated rings. The van der Waals surface area contributed by atoms with Crippen molar-refractivity contribution < 1.29 is 19.5 Å². The second-order valence-electron chi connectivity index (χ2n) is 5.63. The predicted molar refractivity (Wildman–Crippen MR) is 82.8 cm³/mol. The number of pyridine rings is 1. The standard InChI is InChI=1S/C16H21N3O4/c1-12(20)19(11-15(21)22)13-5-4-9-18(10-7-13)16(23)14-6-2-3-8-17-14/h2-3,6,8,13H,4-5,7,9-11H2,1H3,(H,21,22). The van der Waals surface area contributed by atoms with Crippen LogP contribution in [0.3, 0.4) is 0 Å². The summed E-state index contributed by atoms with van der Waals surface area (Å²) in [6, 6.07) is 5.05. The summed E-state index contributed by atoms with van der Waals surface area (Å²) in [5, 5.41) is 8.96. The first-order valence-corrected chi connectivity index (χ1v) is 7.68. The Morgan fingerprint density at radius 2 is 2.09 bits per heavy atom.